The highest BCUT2D eigenvalue weighted by molar-refractivity contribution is 7.13. The summed E-state index contributed by atoms with van der Waals surface area (Å²) < 4.78 is 13.0. The zero-order valence-electron chi connectivity index (χ0n) is 14.1. The van der Waals surface area contributed by atoms with E-state index in [-0.39, 0.29) is 22.8 Å². The standard InChI is InChI=1S/C18H15FN4O2S2/c19-11-5-7-12(8-6-11)20-15(24)17-22-21-16(27-17)13-3-1-9-23(13)18(25)14-4-2-10-26-14/h2,4-8,10,13H,1,3,9H2,(H,20,24)/t13-/m0/s1. The predicted octanol–water partition coefficient (Wildman–Crippen LogP) is 3.97. The average Bonchev–Trinajstić information content (AvgIpc) is 3.42. The first-order valence-corrected chi connectivity index (χ1v) is 10.1. The van der Waals surface area contributed by atoms with Gasteiger partial charge in [0.25, 0.3) is 11.8 Å². The Morgan fingerprint density at radius 3 is 2.74 bits per heavy atom. The van der Waals surface area contributed by atoms with Crippen molar-refractivity contribution < 1.29 is 14.0 Å². The Bertz CT molecular complexity index is 956. The minimum Gasteiger partial charge on any atom is -0.328 e. The second kappa shape index (κ2) is 7.53. The number of benzene rings is 1. The van der Waals surface area contributed by atoms with Gasteiger partial charge in [0.15, 0.2) is 0 Å². The van der Waals surface area contributed by atoms with Crippen LogP contribution in [0.15, 0.2) is 41.8 Å². The zero-order chi connectivity index (χ0) is 18.8. The SMILES string of the molecule is O=C(Nc1ccc(F)cc1)c1nnc([C@@H]2CCCN2C(=O)c2cccs2)s1. The number of halogens is 1. The first-order valence-electron chi connectivity index (χ1n) is 8.36. The van der Waals surface area contributed by atoms with Gasteiger partial charge in [-0.3, -0.25) is 9.59 Å². The number of nitrogens with zero attached hydrogens (tertiary/aromatic N) is 3. The number of hydrogen-bond acceptors (Lipinski definition) is 6. The van der Waals surface area contributed by atoms with E-state index in [9.17, 15) is 14.0 Å². The van der Waals surface area contributed by atoms with Crippen molar-refractivity contribution in [2.24, 2.45) is 0 Å². The first kappa shape index (κ1) is 17.7. The van der Waals surface area contributed by atoms with Crippen LogP contribution in [-0.2, 0) is 0 Å². The fraction of sp³-hybridized carbons (Fsp3) is 0.222. The van der Waals surface area contributed by atoms with Gasteiger partial charge in [-0.15, -0.1) is 21.5 Å². The minimum absolute atomic E-state index is 0.0139. The third kappa shape index (κ3) is 3.74. The molecule has 1 N–H and O–H groups in total. The summed E-state index contributed by atoms with van der Waals surface area (Å²) in [5, 5.41) is 13.5. The van der Waals surface area contributed by atoms with E-state index in [0.717, 1.165) is 12.8 Å². The number of likely N-dealkylation sites (tertiary alicyclic amines) is 1. The fourth-order valence-corrected chi connectivity index (χ4v) is 4.55. The molecule has 0 saturated carbocycles. The Kier molecular flexibility index (Phi) is 4.95. The maximum Gasteiger partial charge on any atom is 0.286 e. The molecular formula is C18H15FN4O2S2. The van der Waals surface area contributed by atoms with Gasteiger partial charge in [-0.2, -0.15) is 0 Å². The molecule has 0 radical (unpaired) electrons. The molecule has 9 heteroatoms. The molecule has 1 saturated heterocycles. The molecule has 1 aliphatic heterocycles. The summed E-state index contributed by atoms with van der Waals surface area (Å²) >= 11 is 2.59. The molecule has 0 bridgehead atoms. The van der Waals surface area contributed by atoms with Crippen molar-refractivity contribution in [2.45, 2.75) is 18.9 Å². The molecule has 6 nitrogen and oxygen atoms in total. The van der Waals surface area contributed by atoms with Gasteiger partial charge in [0.05, 0.1) is 10.9 Å². The topological polar surface area (TPSA) is 75.2 Å². The van der Waals surface area contributed by atoms with Gasteiger partial charge in [-0.05, 0) is 48.6 Å². The molecule has 1 atom stereocenters. The molecule has 3 aromatic rings. The molecular weight excluding hydrogens is 387 g/mol. The van der Waals surface area contributed by atoms with E-state index in [1.54, 1.807) is 4.90 Å². The average molecular weight is 402 g/mol. The van der Waals surface area contributed by atoms with E-state index in [2.05, 4.69) is 15.5 Å². The van der Waals surface area contributed by atoms with Gasteiger partial charge in [-0.1, -0.05) is 17.4 Å². The van der Waals surface area contributed by atoms with Crippen LogP contribution in [0.3, 0.4) is 0 Å². The number of nitrogens with one attached hydrogen (secondary N) is 1. The monoisotopic (exact) mass is 402 g/mol. The largest absolute Gasteiger partial charge is 0.328 e. The van der Waals surface area contributed by atoms with Gasteiger partial charge in [0.2, 0.25) is 5.01 Å². The maximum absolute atomic E-state index is 13.0. The molecule has 0 aliphatic carbocycles. The van der Waals surface area contributed by atoms with Crippen LogP contribution in [0.5, 0.6) is 0 Å². The van der Waals surface area contributed by atoms with E-state index < -0.39 is 5.91 Å². The molecule has 138 valence electrons. The van der Waals surface area contributed by atoms with Gasteiger partial charge in [0, 0.05) is 12.2 Å². The van der Waals surface area contributed by atoms with Crippen LogP contribution in [0.1, 0.15) is 43.4 Å². The fourth-order valence-electron chi connectivity index (χ4n) is 2.99. The summed E-state index contributed by atoms with van der Waals surface area (Å²) in [5.74, 6) is -0.789. The normalized spacial score (nSPS) is 16.5. The molecule has 1 fully saturated rings. The van der Waals surface area contributed by atoms with E-state index in [1.165, 1.54) is 46.9 Å². The highest BCUT2D eigenvalue weighted by atomic mass is 32.1. The molecule has 27 heavy (non-hydrogen) atoms. The highest BCUT2D eigenvalue weighted by Gasteiger charge is 2.34. The van der Waals surface area contributed by atoms with Crippen LogP contribution in [-0.4, -0.2) is 33.5 Å². The number of anilines is 1. The van der Waals surface area contributed by atoms with Crippen LogP contribution in [0, 0.1) is 5.82 Å². The third-order valence-electron chi connectivity index (χ3n) is 4.27. The second-order valence-electron chi connectivity index (χ2n) is 6.04. The Labute approximate surface area is 162 Å². The molecule has 2 amide bonds. The lowest BCUT2D eigenvalue weighted by atomic mass is 10.2. The van der Waals surface area contributed by atoms with Gasteiger partial charge in [-0.25, -0.2) is 4.39 Å². The van der Waals surface area contributed by atoms with Crippen molar-refractivity contribution in [3.63, 3.8) is 0 Å². The van der Waals surface area contributed by atoms with Crippen LogP contribution in [0.25, 0.3) is 0 Å². The summed E-state index contributed by atoms with van der Waals surface area (Å²) in [6, 6.07) is 9.00. The van der Waals surface area contributed by atoms with E-state index in [0.29, 0.717) is 22.1 Å². The van der Waals surface area contributed by atoms with Crippen molar-refractivity contribution in [3.8, 4) is 0 Å². The molecule has 1 aromatic carbocycles. The Hall–Kier alpha value is -2.65. The smallest absolute Gasteiger partial charge is 0.286 e. The number of amides is 2. The molecule has 1 aliphatic rings. The lowest BCUT2D eigenvalue weighted by molar-refractivity contribution is 0.0739. The van der Waals surface area contributed by atoms with Crippen molar-refractivity contribution in [1.29, 1.82) is 0 Å². The van der Waals surface area contributed by atoms with E-state index in [1.807, 2.05) is 17.5 Å². The number of hydrogen-bond donors (Lipinski definition) is 1. The van der Waals surface area contributed by atoms with Gasteiger partial charge >= 0.3 is 0 Å². The number of carbonyl (C=O) groups excluding carboxylic acids is 2. The van der Waals surface area contributed by atoms with Crippen LogP contribution < -0.4 is 5.32 Å². The van der Waals surface area contributed by atoms with Crippen LogP contribution in [0.2, 0.25) is 0 Å². The number of rotatable bonds is 4. The van der Waals surface area contributed by atoms with E-state index in [4.69, 9.17) is 0 Å². The lowest BCUT2D eigenvalue weighted by Crippen LogP contribution is -2.29. The third-order valence-corrected chi connectivity index (χ3v) is 6.15. The van der Waals surface area contributed by atoms with Crippen LogP contribution in [0.4, 0.5) is 10.1 Å². The molecule has 4 rings (SSSR count). The number of carbonyl (C=O) groups is 2. The van der Waals surface area contributed by atoms with Crippen molar-refractivity contribution in [1.82, 2.24) is 15.1 Å². The number of thiophene rings is 1. The summed E-state index contributed by atoms with van der Waals surface area (Å²) in [4.78, 5) is 27.5. The zero-order valence-corrected chi connectivity index (χ0v) is 15.7. The van der Waals surface area contributed by atoms with E-state index >= 15 is 0 Å². The quantitative estimate of drug-likeness (QED) is 0.717. The van der Waals surface area contributed by atoms with Gasteiger partial charge in [0.1, 0.15) is 10.8 Å². The molecule has 3 heterocycles. The lowest BCUT2D eigenvalue weighted by Gasteiger charge is -2.21. The van der Waals surface area contributed by atoms with Crippen molar-refractivity contribution >= 4 is 40.2 Å². The minimum atomic E-state index is -0.403. The second-order valence-corrected chi connectivity index (χ2v) is 8.00. The Morgan fingerprint density at radius 2 is 2.00 bits per heavy atom. The van der Waals surface area contributed by atoms with Gasteiger partial charge < -0.3 is 10.2 Å². The summed E-state index contributed by atoms with van der Waals surface area (Å²) in [6.45, 7) is 0.665. The summed E-state index contributed by atoms with van der Waals surface area (Å²) in [7, 11) is 0. The van der Waals surface area contributed by atoms with Crippen molar-refractivity contribution in [2.75, 3.05) is 11.9 Å². The van der Waals surface area contributed by atoms with Crippen molar-refractivity contribution in [3.05, 3.63) is 62.5 Å². The molecule has 0 unspecified atom stereocenters. The Morgan fingerprint density at radius 1 is 1.19 bits per heavy atom. The predicted molar refractivity (Wildman–Crippen MR) is 102 cm³/mol. The highest BCUT2D eigenvalue weighted by Crippen LogP contribution is 2.35. The maximum atomic E-state index is 13.0. The van der Waals surface area contributed by atoms with Crippen LogP contribution >= 0.6 is 22.7 Å². The number of aromatic nitrogens is 2. The summed E-state index contributed by atoms with van der Waals surface area (Å²) in [6.07, 6.45) is 1.68. The first-order chi connectivity index (χ1) is 13.1. The molecule has 0 spiro atoms. The Balaban J connectivity index is 1.48. The summed E-state index contributed by atoms with van der Waals surface area (Å²) in [5.41, 5.74) is 0.480. The molecule has 2 aromatic heterocycles.